The SMILES string of the molecule is O=C(/C=C/c1ccc2c(c1)OCO2)N1C(=O)[C@@H]2CCCCN2C(=O)c2ccccc21. The molecular formula is C23H20N2O5. The highest BCUT2D eigenvalue weighted by molar-refractivity contribution is 6.25. The molecular weight excluding hydrogens is 384 g/mol. The number of carbonyl (C=O) groups excluding carboxylic acids is 3. The number of rotatable bonds is 2. The van der Waals surface area contributed by atoms with Gasteiger partial charge in [0.15, 0.2) is 11.5 Å². The summed E-state index contributed by atoms with van der Waals surface area (Å²) < 4.78 is 10.7. The van der Waals surface area contributed by atoms with Gasteiger partial charge in [-0.1, -0.05) is 18.2 Å². The third-order valence-electron chi connectivity index (χ3n) is 5.68. The first-order chi connectivity index (χ1) is 14.6. The summed E-state index contributed by atoms with van der Waals surface area (Å²) in [4.78, 5) is 42.3. The van der Waals surface area contributed by atoms with E-state index in [1.165, 1.54) is 6.08 Å². The van der Waals surface area contributed by atoms with Crippen molar-refractivity contribution < 1.29 is 23.9 Å². The Balaban J connectivity index is 1.50. The molecule has 0 radical (unpaired) electrons. The molecule has 0 saturated carbocycles. The molecule has 3 aliphatic heterocycles. The number of anilines is 1. The van der Waals surface area contributed by atoms with Crippen LogP contribution < -0.4 is 14.4 Å². The van der Waals surface area contributed by atoms with E-state index in [0.717, 1.165) is 23.3 Å². The molecule has 152 valence electrons. The predicted octanol–water partition coefficient (Wildman–Crippen LogP) is 3.00. The Hall–Kier alpha value is -3.61. The van der Waals surface area contributed by atoms with E-state index in [2.05, 4.69) is 0 Å². The van der Waals surface area contributed by atoms with Gasteiger partial charge in [-0.3, -0.25) is 14.4 Å². The second-order valence-corrected chi connectivity index (χ2v) is 7.49. The number of benzene rings is 2. The van der Waals surface area contributed by atoms with E-state index >= 15 is 0 Å². The molecule has 3 heterocycles. The average molecular weight is 404 g/mol. The van der Waals surface area contributed by atoms with Crippen molar-refractivity contribution in [1.82, 2.24) is 4.90 Å². The van der Waals surface area contributed by atoms with Gasteiger partial charge in [-0.05, 0) is 55.2 Å². The molecule has 1 fully saturated rings. The summed E-state index contributed by atoms with van der Waals surface area (Å²) in [7, 11) is 0. The van der Waals surface area contributed by atoms with Crippen molar-refractivity contribution in [2.24, 2.45) is 0 Å². The van der Waals surface area contributed by atoms with Crippen LogP contribution in [0.2, 0.25) is 0 Å². The molecule has 3 amide bonds. The zero-order chi connectivity index (χ0) is 20.7. The van der Waals surface area contributed by atoms with Crippen LogP contribution in [-0.2, 0) is 9.59 Å². The summed E-state index contributed by atoms with van der Waals surface area (Å²) in [5.74, 6) is 0.243. The minimum atomic E-state index is -0.610. The molecule has 3 aliphatic rings. The Bertz CT molecular complexity index is 1080. The molecule has 7 nitrogen and oxygen atoms in total. The largest absolute Gasteiger partial charge is 0.454 e. The van der Waals surface area contributed by atoms with Crippen LogP contribution >= 0.6 is 0 Å². The zero-order valence-corrected chi connectivity index (χ0v) is 16.2. The van der Waals surface area contributed by atoms with Crippen LogP contribution in [0.25, 0.3) is 6.08 Å². The Morgan fingerprint density at radius 1 is 1.03 bits per heavy atom. The highest BCUT2D eigenvalue weighted by Gasteiger charge is 2.42. The predicted molar refractivity (Wildman–Crippen MR) is 109 cm³/mol. The molecule has 1 atom stereocenters. The third-order valence-corrected chi connectivity index (χ3v) is 5.68. The fraction of sp³-hybridized carbons (Fsp3) is 0.261. The Kier molecular flexibility index (Phi) is 4.50. The van der Waals surface area contributed by atoms with E-state index in [-0.39, 0.29) is 18.6 Å². The standard InChI is InChI=1S/C23H20N2O5/c26-21(11-9-15-8-10-19-20(13-15)30-14-29-19)25-17-6-2-1-5-16(17)22(27)24-12-4-3-7-18(24)23(25)28/h1-2,5-6,8-11,13,18H,3-4,7,12,14H2/b11-9+/t18-/m0/s1. The number of hydrogen-bond acceptors (Lipinski definition) is 5. The van der Waals surface area contributed by atoms with Crippen molar-refractivity contribution in [1.29, 1.82) is 0 Å². The topological polar surface area (TPSA) is 76.2 Å². The molecule has 0 aliphatic carbocycles. The van der Waals surface area contributed by atoms with Gasteiger partial charge < -0.3 is 14.4 Å². The minimum Gasteiger partial charge on any atom is -0.454 e. The van der Waals surface area contributed by atoms with Gasteiger partial charge in [0.25, 0.3) is 17.7 Å². The second-order valence-electron chi connectivity index (χ2n) is 7.49. The lowest BCUT2D eigenvalue weighted by molar-refractivity contribution is -0.128. The highest BCUT2D eigenvalue weighted by atomic mass is 16.7. The fourth-order valence-corrected chi connectivity index (χ4v) is 4.19. The van der Waals surface area contributed by atoms with Gasteiger partial charge in [0, 0.05) is 12.6 Å². The molecule has 1 saturated heterocycles. The van der Waals surface area contributed by atoms with Crippen molar-refractivity contribution in [2.75, 3.05) is 18.2 Å². The van der Waals surface area contributed by atoms with Gasteiger partial charge >= 0.3 is 0 Å². The van der Waals surface area contributed by atoms with Crippen LogP contribution in [-0.4, -0.2) is 42.0 Å². The minimum absolute atomic E-state index is 0.173. The van der Waals surface area contributed by atoms with Gasteiger partial charge in [-0.25, -0.2) is 4.90 Å². The van der Waals surface area contributed by atoms with Gasteiger partial charge in [-0.2, -0.15) is 0 Å². The lowest BCUT2D eigenvalue weighted by Crippen LogP contribution is -2.51. The van der Waals surface area contributed by atoms with Gasteiger partial charge in [0.2, 0.25) is 6.79 Å². The van der Waals surface area contributed by atoms with E-state index in [1.807, 2.05) is 6.07 Å². The molecule has 0 unspecified atom stereocenters. The number of hydrogen-bond donors (Lipinski definition) is 0. The zero-order valence-electron chi connectivity index (χ0n) is 16.2. The van der Waals surface area contributed by atoms with Gasteiger partial charge in [-0.15, -0.1) is 0 Å². The molecule has 2 aromatic carbocycles. The normalized spacial score (nSPS) is 20.2. The number of imide groups is 1. The summed E-state index contributed by atoms with van der Waals surface area (Å²) >= 11 is 0. The van der Waals surface area contributed by atoms with Crippen LogP contribution in [0.4, 0.5) is 5.69 Å². The van der Waals surface area contributed by atoms with Crippen LogP contribution in [0.5, 0.6) is 11.5 Å². The second kappa shape index (κ2) is 7.33. The summed E-state index contributed by atoms with van der Waals surface area (Å²) in [5, 5.41) is 0. The van der Waals surface area contributed by atoms with Gasteiger partial charge in [0.1, 0.15) is 6.04 Å². The maximum atomic E-state index is 13.3. The van der Waals surface area contributed by atoms with Crippen LogP contribution in [0.15, 0.2) is 48.5 Å². The van der Waals surface area contributed by atoms with Crippen molar-refractivity contribution in [3.63, 3.8) is 0 Å². The van der Waals surface area contributed by atoms with Crippen molar-refractivity contribution >= 4 is 29.5 Å². The molecule has 5 rings (SSSR count). The average Bonchev–Trinajstić information content (AvgIpc) is 3.22. The first kappa shape index (κ1) is 18.4. The summed E-state index contributed by atoms with van der Waals surface area (Å²) in [6.07, 6.45) is 5.26. The van der Waals surface area contributed by atoms with Crippen LogP contribution in [0.3, 0.4) is 0 Å². The lowest BCUT2D eigenvalue weighted by Gasteiger charge is -2.33. The first-order valence-electron chi connectivity index (χ1n) is 9.99. The Morgan fingerprint density at radius 3 is 2.77 bits per heavy atom. The summed E-state index contributed by atoms with van der Waals surface area (Å²) in [5.41, 5.74) is 1.46. The van der Waals surface area contributed by atoms with Crippen LogP contribution in [0.1, 0.15) is 35.2 Å². The molecule has 0 aromatic heterocycles. The van der Waals surface area contributed by atoms with Gasteiger partial charge in [0.05, 0.1) is 11.3 Å². The number of para-hydroxylation sites is 1. The Morgan fingerprint density at radius 2 is 1.87 bits per heavy atom. The Labute approximate surface area is 173 Å². The molecule has 7 heteroatoms. The van der Waals surface area contributed by atoms with E-state index in [4.69, 9.17) is 9.47 Å². The summed E-state index contributed by atoms with van der Waals surface area (Å²) in [6.45, 7) is 0.699. The summed E-state index contributed by atoms with van der Waals surface area (Å²) in [6, 6.07) is 11.5. The maximum absolute atomic E-state index is 13.3. The number of nitrogens with zero attached hydrogens (tertiary/aromatic N) is 2. The number of fused-ring (bicyclic) bond motifs is 3. The quantitative estimate of drug-likeness (QED) is 0.720. The molecule has 0 spiro atoms. The highest BCUT2D eigenvalue weighted by Crippen LogP contribution is 2.34. The monoisotopic (exact) mass is 404 g/mol. The number of piperidine rings is 1. The fourth-order valence-electron chi connectivity index (χ4n) is 4.19. The number of carbonyl (C=O) groups is 3. The van der Waals surface area contributed by atoms with E-state index in [1.54, 1.807) is 47.4 Å². The maximum Gasteiger partial charge on any atom is 0.257 e. The van der Waals surface area contributed by atoms with Crippen molar-refractivity contribution in [2.45, 2.75) is 25.3 Å². The molecule has 30 heavy (non-hydrogen) atoms. The third kappa shape index (κ3) is 3.03. The van der Waals surface area contributed by atoms with Crippen LogP contribution in [0, 0.1) is 0 Å². The van der Waals surface area contributed by atoms with Crippen molar-refractivity contribution in [3.8, 4) is 11.5 Å². The smallest absolute Gasteiger partial charge is 0.257 e. The van der Waals surface area contributed by atoms with Crippen molar-refractivity contribution in [3.05, 3.63) is 59.7 Å². The first-order valence-corrected chi connectivity index (χ1v) is 9.99. The lowest BCUT2D eigenvalue weighted by atomic mass is 10.0. The molecule has 0 N–H and O–H groups in total. The number of ether oxygens (including phenoxy) is 2. The van der Waals surface area contributed by atoms with E-state index < -0.39 is 11.9 Å². The number of amides is 3. The van der Waals surface area contributed by atoms with E-state index in [9.17, 15) is 14.4 Å². The van der Waals surface area contributed by atoms with E-state index in [0.29, 0.717) is 35.7 Å². The molecule has 0 bridgehead atoms. The molecule has 2 aromatic rings.